The van der Waals surface area contributed by atoms with Crippen LogP contribution in [-0.2, 0) is 14.8 Å². The third-order valence-corrected chi connectivity index (χ3v) is 6.11. The van der Waals surface area contributed by atoms with Crippen LogP contribution in [0.2, 0.25) is 0 Å². The second kappa shape index (κ2) is 10.3. The van der Waals surface area contributed by atoms with Crippen LogP contribution in [0.4, 0.5) is 5.69 Å². The number of anilines is 1. The van der Waals surface area contributed by atoms with Gasteiger partial charge in [0, 0.05) is 0 Å². The summed E-state index contributed by atoms with van der Waals surface area (Å²) < 4.78 is 31.4. The molecule has 3 aromatic rings. The Kier molecular flexibility index (Phi) is 7.53. The third-order valence-electron chi connectivity index (χ3n) is 4.97. The van der Waals surface area contributed by atoms with Gasteiger partial charge in [0.05, 0.1) is 24.6 Å². The van der Waals surface area contributed by atoms with Crippen molar-refractivity contribution in [3.63, 3.8) is 0 Å². The summed E-state index contributed by atoms with van der Waals surface area (Å²) in [5.41, 5.74) is 3.35. The van der Waals surface area contributed by atoms with Gasteiger partial charge in [-0.1, -0.05) is 60.2 Å². The van der Waals surface area contributed by atoms with E-state index in [4.69, 9.17) is 4.74 Å². The van der Waals surface area contributed by atoms with Crippen LogP contribution in [0.5, 0.6) is 5.75 Å². The summed E-state index contributed by atoms with van der Waals surface area (Å²) in [6.07, 6.45) is 1.09. The molecule has 3 rings (SSSR count). The number of nitrogens with zero attached hydrogens (tertiary/aromatic N) is 1. The molecule has 0 heterocycles. The number of amides is 1. The van der Waals surface area contributed by atoms with Crippen LogP contribution < -0.4 is 14.4 Å². The Morgan fingerprint density at radius 3 is 2.09 bits per heavy atom. The molecule has 1 N–H and O–H groups in total. The number of carbonyl (C=O) groups excluding carboxylic acids is 1. The number of hydrogen-bond donors (Lipinski definition) is 1. The maximum Gasteiger partial charge on any atom is 0.241 e. The van der Waals surface area contributed by atoms with Crippen LogP contribution in [0.3, 0.4) is 0 Å². The fourth-order valence-corrected chi connectivity index (χ4v) is 4.23. The van der Waals surface area contributed by atoms with Crippen molar-refractivity contribution in [2.75, 3.05) is 23.7 Å². The lowest BCUT2D eigenvalue weighted by atomic mass is 9.98. The SMILES string of the molecule is CCOc1ccc(N(CC(=O)NC(c2ccccc2)c2ccc(C)cc2)S(C)(=O)=O)cc1. The Balaban J connectivity index is 1.85. The topological polar surface area (TPSA) is 75.7 Å². The summed E-state index contributed by atoms with van der Waals surface area (Å²) in [5.74, 6) is 0.233. The zero-order chi connectivity index (χ0) is 23.1. The van der Waals surface area contributed by atoms with Gasteiger partial charge in [0.25, 0.3) is 0 Å². The lowest BCUT2D eigenvalue weighted by molar-refractivity contribution is -0.120. The molecular weight excluding hydrogens is 424 g/mol. The molecule has 0 aliphatic heterocycles. The van der Waals surface area contributed by atoms with Crippen LogP contribution in [0.25, 0.3) is 0 Å². The lowest BCUT2D eigenvalue weighted by Gasteiger charge is -2.25. The van der Waals surface area contributed by atoms with E-state index >= 15 is 0 Å². The second-order valence-corrected chi connectivity index (χ2v) is 9.43. The molecule has 1 atom stereocenters. The number of hydrogen-bond acceptors (Lipinski definition) is 4. The first kappa shape index (κ1) is 23.3. The fraction of sp³-hybridized carbons (Fsp3) is 0.240. The molecule has 3 aromatic carbocycles. The monoisotopic (exact) mass is 452 g/mol. The van der Waals surface area contributed by atoms with Crippen LogP contribution >= 0.6 is 0 Å². The first-order chi connectivity index (χ1) is 15.3. The minimum absolute atomic E-state index is 0.331. The second-order valence-electron chi connectivity index (χ2n) is 7.52. The Morgan fingerprint density at radius 1 is 0.938 bits per heavy atom. The number of ether oxygens (including phenoxy) is 1. The molecule has 0 aromatic heterocycles. The average molecular weight is 453 g/mol. The third kappa shape index (κ3) is 6.11. The molecular formula is C25H28N2O4S. The minimum atomic E-state index is -3.68. The van der Waals surface area contributed by atoms with E-state index < -0.39 is 22.0 Å². The van der Waals surface area contributed by atoms with Crippen molar-refractivity contribution in [3.05, 3.63) is 95.6 Å². The predicted octanol–water partition coefficient (Wildman–Crippen LogP) is 4.07. The van der Waals surface area contributed by atoms with Crippen molar-refractivity contribution in [1.29, 1.82) is 0 Å². The van der Waals surface area contributed by atoms with Gasteiger partial charge in [-0.15, -0.1) is 0 Å². The highest BCUT2D eigenvalue weighted by Gasteiger charge is 2.23. The molecule has 0 spiro atoms. The number of carbonyl (C=O) groups is 1. The van der Waals surface area contributed by atoms with Gasteiger partial charge in [0.15, 0.2) is 0 Å². The predicted molar refractivity (Wildman–Crippen MR) is 127 cm³/mol. The minimum Gasteiger partial charge on any atom is -0.494 e. The molecule has 0 aliphatic carbocycles. The largest absolute Gasteiger partial charge is 0.494 e. The van der Waals surface area contributed by atoms with Crippen molar-refractivity contribution in [1.82, 2.24) is 5.32 Å². The quantitative estimate of drug-likeness (QED) is 0.531. The summed E-state index contributed by atoms with van der Waals surface area (Å²) in [7, 11) is -3.68. The fourth-order valence-electron chi connectivity index (χ4n) is 3.38. The first-order valence-corrected chi connectivity index (χ1v) is 12.2. The number of sulfonamides is 1. The summed E-state index contributed by atoms with van der Waals surface area (Å²) in [5, 5.41) is 3.00. The highest BCUT2D eigenvalue weighted by molar-refractivity contribution is 7.92. The van der Waals surface area contributed by atoms with Gasteiger partial charge in [0.2, 0.25) is 15.9 Å². The number of benzene rings is 3. The van der Waals surface area contributed by atoms with Gasteiger partial charge in [-0.3, -0.25) is 9.10 Å². The van der Waals surface area contributed by atoms with Crippen molar-refractivity contribution in [2.24, 2.45) is 0 Å². The normalized spacial score (nSPS) is 12.1. The van der Waals surface area contributed by atoms with Gasteiger partial charge in [0.1, 0.15) is 12.3 Å². The number of nitrogens with one attached hydrogen (secondary N) is 1. The van der Waals surface area contributed by atoms with Gasteiger partial charge in [-0.2, -0.15) is 0 Å². The van der Waals surface area contributed by atoms with E-state index in [-0.39, 0.29) is 6.54 Å². The summed E-state index contributed by atoms with van der Waals surface area (Å²) in [6.45, 7) is 4.05. The molecule has 0 bridgehead atoms. The van der Waals surface area contributed by atoms with Crippen molar-refractivity contribution >= 4 is 21.6 Å². The maximum atomic E-state index is 13.0. The Morgan fingerprint density at radius 2 is 1.53 bits per heavy atom. The molecule has 168 valence electrons. The van der Waals surface area contributed by atoms with Crippen LogP contribution in [0.1, 0.15) is 29.7 Å². The Bertz CT molecular complexity index is 1130. The zero-order valence-corrected chi connectivity index (χ0v) is 19.3. The van der Waals surface area contributed by atoms with Crippen molar-refractivity contribution < 1.29 is 17.9 Å². The van der Waals surface area contributed by atoms with Crippen LogP contribution in [-0.4, -0.2) is 33.7 Å². The van der Waals surface area contributed by atoms with E-state index in [1.165, 1.54) is 0 Å². The summed E-state index contributed by atoms with van der Waals surface area (Å²) >= 11 is 0. The highest BCUT2D eigenvalue weighted by Crippen LogP contribution is 2.24. The molecule has 7 heteroatoms. The Labute approximate surface area is 189 Å². The van der Waals surface area contributed by atoms with Crippen LogP contribution in [0, 0.1) is 6.92 Å². The van der Waals surface area contributed by atoms with E-state index in [0.29, 0.717) is 18.0 Å². The van der Waals surface area contributed by atoms with Crippen molar-refractivity contribution in [2.45, 2.75) is 19.9 Å². The van der Waals surface area contributed by atoms with E-state index in [0.717, 1.165) is 27.3 Å². The maximum absolute atomic E-state index is 13.0. The van der Waals surface area contributed by atoms with E-state index in [1.807, 2.05) is 68.4 Å². The van der Waals surface area contributed by atoms with Crippen LogP contribution in [0.15, 0.2) is 78.9 Å². The number of aryl methyl sites for hydroxylation is 1. The summed E-state index contributed by atoms with van der Waals surface area (Å²) in [4.78, 5) is 13.0. The van der Waals surface area contributed by atoms with E-state index in [9.17, 15) is 13.2 Å². The Hall–Kier alpha value is -3.32. The molecule has 6 nitrogen and oxygen atoms in total. The standard InChI is InChI=1S/C25H28N2O4S/c1-4-31-23-16-14-22(15-17-23)27(32(3,29)30)18-24(28)26-25(20-8-6-5-7-9-20)21-12-10-19(2)11-13-21/h5-17,25H,4,18H2,1-3H3,(H,26,28). The van der Waals surface area contributed by atoms with Gasteiger partial charge in [-0.25, -0.2) is 8.42 Å². The molecule has 0 saturated heterocycles. The van der Waals surface area contributed by atoms with Gasteiger partial charge in [-0.05, 0) is 49.2 Å². The lowest BCUT2D eigenvalue weighted by Crippen LogP contribution is -2.41. The molecule has 0 saturated carbocycles. The molecule has 0 radical (unpaired) electrons. The smallest absolute Gasteiger partial charge is 0.241 e. The first-order valence-electron chi connectivity index (χ1n) is 10.4. The molecule has 0 fully saturated rings. The highest BCUT2D eigenvalue weighted by atomic mass is 32.2. The van der Waals surface area contributed by atoms with E-state index in [1.54, 1.807) is 24.3 Å². The van der Waals surface area contributed by atoms with E-state index in [2.05, 4.69) is 5.32 Å². The summed E-state index contributed by atoms with van der Waals surface area (Å²) in [6, 6.07) is 23.8. The zero-order valence-electron chi connectivity index (χ0n) is 18.5. The molecule has 1 amide bonds. The average Bonchev–Trinajstić information content (AvgIpc) is 2.77. The molecule has 0 aliphatic rings. The number of rotatable bonds is 9. The van der Waals surface area contributed by atoms with Crippen molar-refractivity contribution in [3.8, 4) is 5.75 Å². The van der Waals surface area contributed by atoms with Gasteiger partial charge >= 0.3 is 0 Å². The van der Waals surface area contributed by atoms with Gasteiger partial charge < -0.3 is 10.1 Å². The molecule has 1 unspecified atom stereocenters. The molecule has 32 heavy (non-hydrogen) atoms.